The molecule has 0 fully saturated rings. The Bertz CT molecular complexity index is 221. The molecular weight excluding hydrogens is 164 g/mol. The molecule has 1 atom stereocenters. The molecule has 0 radical (unpaired) electrons. The average molecular weight is 180 g/mol. The Morgan fingerprint density at radius 3 is 2.54 bits per heavy atom. The molecule has 2 nitrogen and oxygen atoms in total. The van der Waals surface area contributed by atoms with Gasteiger partial charge in [0.15, 0.2) is 0 Å². The summed E-state index contributed by atoms with van der Waals surface area (Å²) in [6.45, 7) is 2.79. The van der Waals surface area contributed by atoms with E-state index in [4.69, 9.17) is 4.89 Å². The zero-order valence-corrected chi connectivity index (χ0v) is 8.19. The first-order valence-corrected chi connectivity index (χ1v) is 4.52. The molecule has 0 N–H and O–H groups in total. The fourth-order valence-corrected chi connectivity index (χ4v) is 1.26. The largest absolute Gasteiger partial charge is 0.240 e. The van der Waals surface area contributed by atoms with E-state index >= 15 is 0 Å². The molecule has 1 aromatic rings. The average Bonchev–Trinajstić information content (AvgIpc) is 2.16. The molecule has 1 unspecified atom stereocenters. The summed E-state index contributed by atoms with van der Waals surface area (Å²) < 4.78 is 0. The van der Waals surface area contributed by atoms with E-state index in [1.165, 1.54) is 12.7 Å². The van der Waals surface area contributed by atoms with Crippen molar-refractivity contribution < 1.29 is 9.78 Å². The molecule has 0 aliphatic carbocycles. The molecule has 0 saturated heterocycles. The normalized spacial score (nSPS) is 12.8. The minimum atomic E-state index is 0.488. The maximum absolute atomic E-state index is 4.87. The van der Waals surface area contributed by atoms with Crippen molar-refractivity contribution in [3.05, 3.63) is 35.9 Å². The van der Waals surface area contributed by atoms with E-state index in [1.807, 2.05) is 6.07 Å². The summed E-state index contributed by atoms with van der Waals surface area (Å²) in [4.78, 5) is 9.42. The molecule has 0 aliphatic heterocycles. The van der Waals surface area contributed by atoms with E-state index in [9.17, 15) is 0 Å². The highest BCUT2D eigenvalue weighted by atomic mass is 17.2. The van der Waals surface area contributed by atoms with E-state index in [1.54, 1.807) is 0 Å². The molecule has 2 heteroatoms. The third kappa shape index (κ3) is 4.06. The first-order valence-electron chi connectivity index (χ1n) is 4.52. The molecule has 0 spiro atoms. The van der Waals surface area contributed by atoms with Gasteiger partial charge in [-0.15, -0.1) is 0 Å². The van der Waals surface area contributed by atoms with Crippen LogP contribution in [0.2, 0.25) is 0 Å². The summed E-state index contributed by atoms with van der Waals surface area (Å²) >= 11 is 0. The second-order valence-electron chi connectivity index (χ2n) is 3.25. The van der Waals surface area contributed by atoms with Crippen molar-refractivity contribution in [3.63, 3.8) is 0 Å². The lowest BCUT2D eigenvalue weighted by atomic mass is 10.0. The smallest absolute Gasteiger partial charge is 0.0850 e. The molecule has 13 heavy (non-hydrogen) atoms. The van der Waals surface area contributed by atoms with Gasteiger partial charge in [0.25, 0.3) is 0 Å². The summed E-state index contributed by atoms with van der Waals surface area (Å²) in [7, 11) is 1.54. The maximum Gasteiger partial charge on any atom is 0.0850 e. The second-order valence-corrected chi connectivity index (χ2v) is 3.25. The fraction of sp³-hybridized carbons (Fsp3) is 0.455. The SMILES string of the molecule is COOCC(C)Cc1ccccc1. The summed E-state index contributed by atoms with van der Waals surface area (Å²) in [6.07, 6.45) is 1.03. The first kappa shape index (κ1) is 10.2. The second kappa shape index (κ2) is 5.73. The molecule has 0 aliphatic rings. The third-order valence-electron chi connectivity index (χ3n) is 1.90. The fourth-order valence-electron chi connectivity index (χ4n) is 1.26. The van der Waals surface area contributed by atoms with Crippen molar-refractivity contribution in [1.29, 1.82) is 0 Å². The minimum Gasteiger partial charge on any atom is -0.240 e. The van der Waals surface area contributed by atoms with Crippen LogP contribution in [0.5, 0.6) is 0 Å². The number of benzene rings is 1. The lowest BCUT2D eigenvalue weighted by Gasteiger charge is -2.09. The van der Waals surface area contributed by atoms with E-state index in [-0.39, 0.29) is 0 Å². The Morgan fingerprint density at radius 2 is 1.92 bits per heavy atom. The van der Waals surface area contributed by atoms with Crippen LogP contribution in [0.25, 0.3) is 0 Å². The Kier molecular flexibility index (Phi) is 4.50. The number of rotatable bonds is 5. The van der Waals surface area contributed by atoms with Gasteiger partial charge in [-0.2, -0.15) is 0 Å². The summed E-state index contributed by atoms with van der Waals surface area (Å²) in [5, 5.41) is 0. The first-order chi connectivity index (χ1) is 6.33. The molecule has 0 bridgehead atoms. The van der Waals surface area contributed by atoms with Crippen LogP contribution in [0.3, 0.4) is 0 Å². The van der Waals surface area contributed by atoms with Crippen molar-refractivity contribution in [1.82, 2.24) is 0 Å². The van der Waals surface area contributed by atoms with Crippen molar-refractivity contribution in [2.45, 2.75) is 13.3 Å². The zero-order chi connectivity index (χ0) is 9.52. The van der Waals surface area contributed by atoms with Crippen LogP contribution < -0.4 is 0 Å². The molecule has 0 heterocycles. The van der Waals surface area contributed by atoms with Crippen LogP contribution in [0.15, 0.2) is 30.3 Å². The van der Waals surface area contributed by atoms with Gasteiger partial charge in [-0.05, 0) is 17.9 Å². The lowest BCUT2D eigenvalue weighted by Crippen LogP contribution is -2.08. The van der Waals surface area contributed by atoms with E-state index in [0.29, 0.717) is 12.5 Å². The molecule has 72 valence electrons. The van der Waals surface area contributed by atoms with E-state index in [2.05, 4.69) is 36.1 Å². The van der Waals surface area contributed by atoms with Crippen molar-refractivity contribution >= 4 is 0 Å². The topological polar surface area (TPSA) is 18.5 Å². The van der Waals surface area contributed by atoms with Crippen molar-refractivity contribution in [3.8, 4) is 0 Å². The highest BCUT2D eigenvalue weighted by Gasteiger charge is 2.03. The monoisotopic (exact) mass is 180 g/mol. The Morgan fingerprint density at radius 1 is 1.23 bits per heavy atom. The molecule has 0 saturated carbocycles. The maximum atomic E-state index is 4.87. The quantitative estimate of drug-likeness (QED) is 0.512. The van der Waals surface area contributed by atoms with Crippen LogP contribution in [-0.4, -0.2) is 13.7 Å². The van der Waals surface area contributed by atoms with Gasteiger partial charge < -0.3 is 0 Å². The predicted molar refractivity (Wildman–Crippen MR) is 52.3 cm³/mol. The minimum absolute atomic E-state index is 0.488. The summed E-state index contributed by atoms with van der Waals surface area (Å²) in [5.74, 6) is 0.488. The van der Waals surface area contributed by atoms with Gasteiger partial charge in [-0.25, -0.2) is 9.78 Å². The lowest BCUT2D eigenvalue weighted by molar-refractivity contribution is -0.278. The van der Waals surface area contributed by atoms with E-state index < -0.39 is 0 Å². The highest BCUT2D eigenvalue weighted by Crippen LogP contribution is 2.08. The van der Waals surface area contributed by atoms with Crippen molar-refractivity contribution in [2.24, 2.45) is 5.92 Å². The Labute approximate surface area is 79.4 Å². The Balaban J connectivity index is 2.32. The standard InChI is InChI=1S/C11H16O2/c1-10(9-13-12-2)8-11-6-4-3-5-7-11/h3-7,10H,8-9H2,1-2H3. The number of hydrogen-bond acceptors (Lipinski definition) is 2. The summed E-state index contributed by atoms with van der Waals surface area (Å²) in [5.41, 5.74) is 1.34. The van der Waals surface area contributed by atoms with Crippen LogP contribution in [0.1, 0.15) is 12.5 Å². The van der Waals surface area contributed by atoms with Crippen LogP contribution in [0.4, 0.5) is 0 Å². The van der Waals surface area contributed by atoms with Gasteiger partial charge in [0.2, 0.25) is 0 Å². The van der Waals surface area contributed by atoms with Gasteiger partial charge in [0.05, 0.1) is 13.7 Å². The Hall–Kier alpha value is -0.860. The number of hydrogen-bond donors (Lipinski definition) is 0. The third-order valence-corrected chi connectivity index (χ3v) is 1.90. The van der Waals surface area contributed by atoms with Gasteiger partial charge in [-0.3, -0.25) is 0 Å². The zero-order valence-electron chi connectivity index (χ0n) is 8.19. The molecule has 1 rings (SSSR count). The van der Waals surface area contributed by atoms with Crippen LogP contribution in [0, 0.1) is 5.92 Å². The van der Waals surface area contributed by atoms with Gasteiger partial charge >= 0.3 is 0 Å². The van der Waals surface area contributed by atoms with Gasteiger partial charge in [-0.1, -0.05) is 37.3 Å². The van der Waals surface area contributed by atoms with Crippen LogP contribution in [-0.2, 0) is 16.2 Å². The van der Waals surface area contributed by atoms with Gasteiger partial charge in [0, 0.05) is 0 Å². The van der Waals surface area contributed by atoms with Crippen molar-refractivity contribution in [2.75, 3.05) is 13.7 Å². The highest BCUT2D eigenvalue weighted by molar-refractivity contribution is 5.14. The molecular formula is C11H16O2. The molecule has 1 aromatic carbocycles. The molecule has 0 amide bonds. The predicted octanol–water partition coefficient (Wildman–Crippen LogP) is 2.44. The summed E-state index contributed by atoms with van der Waals surface area (Å²) in [6, 6.07) is 10.4. The van der Waals surface area contributed by atoms with Gasteiger partial charge in [0.1, 0.15) is 0 Å². The van der Waals surface area contributed by atoms with Crippen LogP contribution >= 0.6 is 0 Å². The van der Waals surface area contributed by atoms with E-state index in [0.717, 1.165) is 6.42 Å². The molecule has 0 aromatic heterocycles.